The van der Waals surface area contributed by atoms with Crippen LogP contribution >= 0.6 is 0 Å². The molecule has 0 spiro atoms. The topological polar surface area (TPSA) is 47.4 Å². The highest BCUT2D eigenvalue weighted by molar-refractivity contribution is 6.02. The summed E-state index contributed by atoms with van der Waals surface area (Å²) >= 11 is 0. The van der Waals surface area contributed by atoms with E-state index in [1.807, 2.05) is 17.7 Å². The number of methoxy groups -OCH3 is 1. The minimum atomic E-state index is -0.322. The van der Waals surface area contributed by atoms with Crippen molar-refractivity contribution in [3.05, 3.63) is 29.6 Å². The quantitative estimate of drug-likeness (QED) is 0.818. The number of rotatable bonds is 3. The number of esters is 1. The van der Waals surface area contributed by atoms with Crippen molar-refractivity contribution in [1.29, 1.82) is 0 Å². The molecule has 2 heterocycles. The summed E-state index contributed by atoms with van der Waals surface area (Å²) in [6.07, 6.45) is 4.30. The highest BCUT2D eigenvalue weighted by Crippen LogP contribution is 2.23. The normalized spacial score (nSPS) is 19.5. The van der Waals surface area contributed by atoms with Gasteiger partial charge in [-0.3, -0.25) is 4.90 Å². The Morgan fingerprint density at radius 3 is 3.00 bits per heavy atom. The molecule has 1 aromatic carbocycles. The van der Waals surface area contributed by atoms with E-state index >= 15 is 0 Å². The molecule has 2 aromatic rings. The van der Waals surface area contributed by atoms with Gasteiger partial charge in [0.25, 0.3) is 0 Å². The number of hydrogen-bond acceptors (Lipinski definition) is 4. The van der Waals surface area contributed by atoms with Crippen molar-refractivity contribution < 1.29 is 9.53 Å². The molecule has 5 heteroatoms. The van der Waals surface area contributed by atoms with Crippen molar-refractivity contribution in [3.63, 3.8) is 0 Å². The van der Waals surface area contributed by atoms with Crippen LogP contribution in [0.2, 0.25) is 0 Å². The number of aryl methyl sites for hydroxylation is 1. The molecule has 0 unspecified atom stereocenters. The zero-order valence-corrected chi connectivity index (χ0v) is 13.5. The monoisotopic (exact) mass is 301 g/mol. The molecule has 0 saturated carbocycles. The average molecular weight is 301 g/mol. The number of imidazole rings is 1. The Bertz CT molecular complexity index is 693. The van der Waals surface area contributed by atoms with Crippen LogP contribution in [0.1, 0.15) is 35.7 Å². The van der Waals surface area contributed by atoms with Crippen molar-refractivity contribution in [2.75, 3.05) is 20.2 Å². The first-order valence-electron chi connectivity index (χ1n) is 7.83. The van der Waals surface area contributed by atoms with Crippen LogP contribution in [0, 0.1) is 5.92 Å². The Morgan fingerprint density at radius 1 is 1.45 bits per heavy atom. The molecule has 5 nitrogen and oxygen atoms in total. The maximum Gasteiger partial charge on any atom is 0.340 e. The lowest BCUT2D eigenvalue weighted by molar-refractivity contribution is 0.0602. The Balaban J connectivity index is 1.95. The molecule has 1 saturated heterocycles. The van der Waals surface area contributed by atoms with Gasteiger partial charge in [0.2, 0.25) is 0 Å². The number of carbonyl (C=O) groups is 1. The third kappa shape index (κ3) is 2.86. The van der Waals surface area contributed by atoms with Crippen molar-refractivity contribution in [2.24, 2.45) is 13.0 Å². The van der Waals surface area contributed by atoms with Crippen LogP contribution in [0.4, 0.5) is 0 Å². The SMILES string of the molecule is COC(=O)c1cc(CN2CCC[C@H](C)C2)cc2c1ncn2C. The van der Waals surface area contributed by atoms with Gasteiger partial charge in [0.05, 0.1) is 24.5 Å². The molecule has 1 atom stereocenters. The molecule has 1 aliphatic rings. The lowest BCUT2D eigenvalue weighted by Crippen LogP contribution is -2.33. The van der Waals surface area contributed by atoms with Crippen LogP contribution in [0.15, 0.2) is 18.5 Å². The van der Waals surface area contributed by atoms with Crippen molar-refractivity contribution in [3.8, 4) is 0 Å². The minimum absolute atomic E-state index is 0.322. The Kier molecular flexibility index (Phi) is 4.16. The summed E-state index contributed by atoms with van der Waals surface area (Å²) < 4.78 is 6.86. The summed E-state index contributed by atoms with van der Waals surface area (Å²) in [5, 5.41) is 0. The van der Waals surface area contributed by atoms with E-state index in [-0.39, 0.29) is 5.97 Å². The van der Waals surface area contributed by atoms with E-state index in [9.17, 15) is 4.79 Å². The molecule has 0 radical (unpaired) electrons. The maximum atomic E-state index is 12.0. The van der Waals surface area contributed by atoms with Gasteiger partial charge >= 0.3 is 5.97 Å². The smallest absolute Gasteiger partial charge is 0.340 e. The van der Waals surface area contributed by atoms with E-state index in [4.69, 9.17) is 4.74 Å². The molecule has 1 aromatic heterocycles. The van der Waals surface area contributed by atoms with Crippen LogP contribution < -0.4 is 0 Å². The summed E-state index contributed by atoms with van der Waals surface area (Å²) in [5.41, 5.74) is 3.39. The van der Waals surface area contributed by atoms with E-state index in [0.29, 0.717) is 11.1 Å². The summed E-state index contributed by atoms with van der Waals surface area (Å²) in [4.78, 5) is 18.8. The zero-order valence-electron chi connectivity index (χ0n) is 13.5. The number of benzene rings is 1. The number of fused-ring (bicyclic) bond motifs is 1. The van der Waals surface area contributed by atoms with Crippen LogP contribution in [0.3, 0.4) is 0 Å². The molecule has 1 fully saturated rings. The second-order valence-corrected chi connectivity index (χ2v) is 6.34. The van der Waals surface area contributed by atoms with Gasteiger partial charge in [0.1, 0.15) is 5.52 Å². The fourth-order valence-corrected chi connectivity index (χ4v) is 3.33. The number of ether oxygens (including phenoxy) is 1. The third-order valence-electron chi connectivity index (χ3n) is 4.44. The average Bonchev–Trinajstić information content (AvgIpc) is 2.87. The summed E-state index contributed by atoms with van der Waals surface area (Å²) in [5.74, 6) is 0.423. The zero-order chi connectivity index (χ0) is 15.7. The third-order valence-corrected chi connectivity index (χ3v) is 4.44. The molecular formula is C17H23N3O2. The first kappa shape index (κ1) is 15.0. The standard InChI is InChI=1S/C17H23N3O2/c1-12-5-4-6-20(9-12)10-13-7-14(17(21)22-3)16-15(8-13)19(2)11-18-16/h7-8,11-12H,4-6,9-10H2,1-3H3/t12-/m0/s1. The molecule has 0 bridgehead atoms. The lowest BCUT2D eigenvalue weighted by Gasteiger charge is -2.30. The van der Waals surface area contributed by atoms with Gasteiger partial charge in [-0.1, -0.05) is 6.92 Å². The number of hydrogen-bond donors (Lipinski definition) is 0. The van der Waals surface area contributed by atoms with Gasteiger partial charge in [-0.05, 0) is 43.0 Å². The lowest BCUT2D eigenvalue weighted by atomic mass is 9.99. The first-order valence-corrected chi connectivity index (χ1v) is 7.83. The van der Waals surface area contributed by atoms with E-state index in [2.05, 4.69) is 22.9 Å². The van der Waals surface area contributed by atoms with Crippen LogP contribution in [0.5, 0.6) is 0 Å². The fourth-order valence-electron chi connectivity index (χ4n) is 3.33. The second-order valence-electron chi connectivity index (χ2n) is 6.34. The van der Waals surface area contributed by atoms with Crippen LogP contribution in [-0.2, 0) is 18.3 Å². The van der Waals surface area contributed by atoms with Gasteiger partial charge in [0, 0.05) is 20.1 Å². The van der Waals surface area contributed by atoms with E-state index < -0.39 is 0 Å². The predicted octanol–water partition coefficient (Wildman–Crippen LogP) is 2.59. The predicted molar refractivity (Wildman–Crippen MR) is 85.7 cm³/mol. The summed E-state index contributed by atoms with van der Waals surface area (Å²) in [6, 6.07) is 4.06. The Morgan fingerprint density at radius 2 is 2.27 bits per heavy atom. The van der Waals surface area contributed by atoms with E-state index in [1.54, 1.807) is 6.33 Å². The first-order chi connectivity index (χ1) is 10.6. The highest BCUT2D eigenvalue weighted by Gasteiger charge is 2.19. The van der Waals surface area contributed by atoms with Crippen molar-refractivity contribution in [2.45, 2.75) is 26.3 Å². The van der Waals surface area contributed by atoms with Crippen LogP contribution in [-0.4, -0.2) is 40.6 Å². The molecule has 0 N–H and O–H groups in total. The van der Waals surface area contributed by atoms with Crippen molar-refractivity contribution >= 4 is 17.0 Å². The van der Waals surface area contributed by atoms with E-state index in [0.717, 1.165) is 36.6 Å². The van der Waals surface area contributed by atoms with Crippen LogP contribution in [0.25, 0.3) is 11.0 Å². The molecule has 22 heavy (non-hydrogen) atoms. The fraction of sp³-hybridized carbons (Fsp3) is 0.529. The van der Waals surface area contributed by atoms with Gasteiger partial charge < -0.3 is 9.30 Å². The molecule has 1 aliphatic heterocycles. The summed E-state index contributed by atoms with van der Waals surface area (Å²) in [7, 11) is 3.36. The molecule has 118 valence electrons. The highest BCUT2D eigenvalue weighted by atomic mass is 16.5. The number of carbonyl (C=O) groups excluding carboxylic acids is 1. The van der Waals surface area contributed by atoms with Crippen molar-refractivity contribution in [1.82, 2.24) is 14.5 Å². The van der Waals surface area contributed by atoms with E-state index in [1.165, 1.54) is 20.0 Å². The maximum absolute atomic E-state index is 12.0. The number of likely N-dealkylation sites (tertiary alicyclic amines) is 1. The number of piperidine rings is 1. The second kappa shape index (κ2) is 6.08. The van der Waals surface area contributed by atoms with Gasteiger partial charge in [-0.25, -0.2) is 9.78 Å². The molecule has 3 rings (SSSR count). The largest absolute Gasteiger partial charge is 0.465 e. The summed E-state index contributed by atoms with van der Waals surface area (Å²) in [6.45, 7) is 5.42. The van der Waals surface area contributed by atoms with Gasteiger partial charge in [-0.15, -0.1) is 0 Å². The number of nitrogens with zero attached hydrogens (tertiary/aromatic N) is 3. The van der Waals surface area contributed by atoms with Gasteiger partial charge in [0.15, 0.2) is 0 Å². The molecular weight excluding hydrogens is 278 g/mol. The minimum Gasteiger partial charge on any atom is -0.465 e. The Hall–Kier alpha value is -1.88. The van der Waals surface area contributed by atoms with Gasteiger partial charge in [-0.2, -0.15) is 0 Å². The Labute approximate surface area is 130 Å². The number of aromatic nitrogens is 2. The molecule has 0 aliphatic carbocycles. The molecule has 0 amide bonds.